The van der Waals surface area contributed by atoms with Crippen molar-refractivity contribution in [1.82, 2.24) is 9.97 Å². The topological polar surface area (TPSA) is 35.0 Å². The van der Waals surface area contributed by atoms with Gasteiger partial charge in [0.2, 0.25) is 0 Å². The first-order valence-corrected chi connectivity index (χ1v) is 7.31. The molecule has 0 unspecified atom stereocenters. The van der Waals surface area contributed by atoms with Crippen LogP contribution in [0.4, 0.5) is 0 Å². The van der Waals surface area contributed by atoms with Crippen molar-refractivity contribution >= 4 is 11.6 Å². The summed E-state index contributed by atoms with van der Waals surface area (Å²) in [6, 6.07) is 6.04. The summed E-state index contributed by atoms with van der Waals surface area (Å²) in [5.41, 5.74) is 3.64. The van der Waals surface area contributed by atoms with E-state index in [-0.39, 0.29) is 5.41 Å². The lowest BCUT2D eigenvalue weighted by molar-refractivity contribution is 0.416. The molecular formula is C17H21ClN2O. The van der Waals surface area contributed by atoms with Crippen LogP contribution in [0.1, 0.15) is 37.7 Å². The zero-order valence-corrected chi connectivity index (χ0v) is 14.2. The van der Waals surface area contributed by atoms with E-state index in [1.165, 1.54) is 0 Å². The Kier molecular flexibility index (Phi) is 4.24. The molecule has 0 aliphatic carbocycles. The van der Waals surface area contributed by atoms with Gasteiger partial charge in [0.25, 0.3) is 0 Å². The monoisotopic (exact) mass is 304 g/mol. The van der Waals surface area contributed by atoms with Gasteiger partial charge < -0.3 is 4.74 Å². The molecule has 0 bridgehead atoms. The first-order chi connectivity index (χ1) is 9.74. The molecule has 0 aliphatic rings. The van der Waals surface area contributed by atoms with Crippen LogP contribution in [-0.2, 0) is 5.41 Å². The second-order valence-electron chi connectivity index (χ2n) is 6.27. The summed E-state index contributed by atoms with van der Waals surface area (Å²) in [6.07, 6.45) is 0. The summed E-state index contributed by atoms with van der Waals surface area (Å²) in [4.78, 5) is 9.17. The Labute approximate surface area is 131 Å². The van der Waals surface area contributed by atoms with Gasteiger partial charge in [-0.1, -0.05) is 44.0 Å². The first kappa shape index (κ1) is 15.8. The quantitative estimate of drug-likeness (QED) is 0.753. The van der Waals surface area contributed by atoms with Crippen LogP contribution in [0.3, 0.4) is 0 Å². The number of aryl methyl sites for hydroxylation is 1. The van der Waals surface area contributed by atoms with Gasteiger partial charge in [0.15, 0.2) is 0 Å². The number of hydrogen-bond donors (Lipinski definition) is 0. The number of halogens is 1. The minimum atomic E-state index is -0.164. The highest BCUT2D eigenvalue weighted by Crippen LogP contribution is 2.35. The summed E-state index contributed by atoms with van der Waals surface area (Å²) in [5.74, 6) is 1.52. The summed E-state index contributed by atoms with van der Waals surface area (Å²) < 4.78 is 5.47. The van der Waals surface area contributed by atoms with Crippen molar-refractivity contribution in [1.29, 1.82) is 0 Å². The van der Waals surface area contributed by atoms with Gasteiger partial charge >= 0.3 is 0 Å². The Morgan fingerprint density at radius 1 is 1.10 bits per heavy atom. The Balaban J connectivity index is 2.74. The molecule has 112 valence electrons. The average Bonchev–Trinajstić information content (AvgIpc) is 2.40. The van der Waals surface area contributed by atoms with Gasteiger partial charge in [0.1, 0.15) is 16.7 Å². The van der Waals surface area contributed by atoms with E-state index < -0.39 is 0 Å². The summed E-state index contributed by atoms with van der Waals surface area (Å²) in [7, 11) is 1.66. The van der Waals surface area contributed by atoms with Gasteiger partial charge in [0.05, 0.1) is 12.8 Å². The molecule has 0 fully saturated rings. The second kappa shape index (κ2) is 5.64. The zero-order valence-electron chi connectivity index (χ0n) is 13.4. The Morgan fingerprint density at radius 2 is 1.76 bits per heavy atom. The van der Waals surface area contributed by atoms with Crippen molar-refractivity contribution in [3.8, 4) is 17.0 Å². The van der Waals surface area contributed by atoms with Gasteiger partial charge in [-0.3, -0.25) is 0 Å². The third-order valence-electron chi connectivity index (χ3n) is 3.37. The lowest BCUT2D eigenvalue weighted by Gasteiger charge is -2.20. The molecule has 2 rings (SSSR count). The predicted molar refractivity (Wildman–Crippen MR) is 87.2 cm³/mol. The number of methoxy groups -OCH3 is 1. The molecule has 4 heteroatoms. The zero-order chi connectivity index (χ0) is 15.8. The fourth-order valence-corrected chi connectivity index (χ4v) is 2.26. The lowest BCUT2D eigenvalue weighted by Crippen LogP contribution is -2.17. The van der Waals surface area contributed by atoms with Crippen LogP contribution in [0.5, 0.6) is 5.75 Å². The van der Waals surface area contributed by atoms with Crippen LogP contribution >= 0.6 is 11.6 Å². The fraction of sp³-hybridized carbons (Fsp3) is 0.412. The highest BCUT2D eigenvalue weighted by atomic mass is 35.5. The maximum atomic E-state index is 6.32. The second-order valence-corrected chi connectivity index (χ2v) is 6.62. The molecule has 0 spiro atoms. The van der Waals surface area contributed by atoms with Gasteiger partial charge in [0, 0.05) is 16.5 Å². The van der Waals surface area contributed by atoms with Crippen molar-refractivity contribution in [3.63, 3.8) is 0 Å². The molecule has 1 aromatic carbocycles. The first-order valence-electron chi connectivity index (χ1n) is 6.93. The molecule has 0 radical (unpaired) electrons. The van der Waals surface area contributed by atoms with Crippen molar-refractivity contribution in [2.24, 2.45) is 0 Å². The van der Waals surface area contributed by atoms with Crippen molar-refractivity contribution in [2.45, 2.75) is 40.0 Å². The maximum Gasteiger partial charge on any atom is 0.136 e. The fourth-order valence-electron chi connectivity index (χ4n) is 2.09. The summed E-state index contributed by atoms with van der Waals surface area (Å²) in [5, 5.41) is 0.494. The number of benzene rings is 1. The van der Waals surface area contributed by atoms with Gasteiger partial charge in [-0.05, 0) is 26.0 Å². The predicted octanol–water partition coefficient (Wildman–Crippen LogP) is 4.72. The van der Waals surface area contributed by atoms with Gasteiger partial charge in [-0.25, -0.2) is 9.97 Å². The molecule has 2 aromatic rings. The molecule has 0 saturated carbocycles. The van der Waals surface area contributed by atoms with Gasteiger partial charge in [-0.15, -0.1) is 0 Å². The largest absolute Gasteiger partial charge is 0.496 e. The third kappa shape index (κ3) is 3.18. The Hall–Kier alpha value is -1.61. The molecule has 0 atom stereocenters. The molecule has 0 N–H and O–H groups in total. The summed E-state index contributed by atoms with van der Waals surface area (Å²) >= 11 is 6.32. The van der Waals surface area contributed by atoms with Crippen LogP contribution in [0.15, 0.2) is 18.2 Å². The third-order valence-corrected chi connectivity index (χ3v) is 3.74. The van der Waals surface area contributed by atoms with E-state index in [4.69, 9.17) is 21.3 Å². The van der Waals surface area contributed by atoms with Crippen LogP contribution < -0.4 is 4.74 Å². The van der Waals surface area contributed by atoms with Crippen LogP contribution in [0.25, 0.3) is 11.3 Å². The van der Waals surface area contributed by atoms with E-state index in [1.807, 2.05) is 26.0 Å². The molecule has 1 heterocycles. The SMILES string of the molecule is COc1ccc(C)cc1-c1nc(C(C)(C)C)nc(Cl)c1C. The molecular weight excluding hydrogens is 284 g/mol. The van der Waals surface area contributed by atoms with Crippen LogP contribution in [0, 0.1) is 13.8 Å². The van der Waals surface area contributed by atoms with Crippen molar-refractivity contribution in [3.05, 3.63) is 40.3 Å². The maximum absolute atomic E-state index is 6.32. The van der Waals surface area contributed by atoms with Crippen molar-refractivity contribution in [2.75, 3.05) is 7.11 Å². The van der Waals surface area contributed by atoms with Crippen LogP contribution in [-0.4, -0.2) is 17.1 Å². The Bertz CT molecular complexity index is 675. The van der Waals surface area contributed by atoms with E-state index >= 15 is 0 Å². The number of ether oxygens (including phenoxy) is 1. The molecule has 3 nitrogen and oxygen atoms in total. The van der Waals surface area contributed by atoms with E-state index in [2.05, 4.69) is 31.8 Å². The van der Waals surface area contributed by atoms with Gasteiger partial charge in [-0.2, -0.15) is 0 Å². The van der Waals surface area contributed by atoms with Crippen molar-refractivity contribution < 1.29 is 4.74 Å². The molecule has 0 amide bonds. The Morgan fingerprint density at radius 3 is 2.33 bits per heavy atom. The normalized spacial score (nSPS) is 11.6. The highest BCUT2D eigenvalue weighted by Gasteiger charge is 2.22. The van der Waals surface area contributed by atoms with E-state index in [0.717, 1.165) is 34.0 Å². The van der Waals surface area contributed by atoms with E-state index in [1.54, 1.807) is 7.11 Å². The number of aromatic nitrogens is 2. The average molecular weight is 305 g/mol. The highest BCUT2D eigenvalue weighted by molar-refractivity contribution is 6.30. The van der Waals surface area contributed by atoms with E-state index in [0.29, 0.717) is 5.15 Å². The number of hydrogen-bond acceptors (Lipinski definition) is 3. The van der Waals surface area contributed by atoms with Crippen LogP contribution in [0.2, 0.25) is 5.15 Å². The molecule has 21 heavy (non-hydrogen) atoms. The minimum Gasteiger partial charge on any atom is -0.496 e. The smallest absolute Gasteiger partial charge is 0.136 e. The summed E-state index contributed by atoms with van der Waals surface area (Å²) in [6.45, 7) is 10.2. The molecule has 0 aliphatic heterocycles. The number of nitrogens with zero attached hydrogens (tertiary/aromatic N) is 2. The minimum absolute atomic E-state index is 0.164. The lowest BCUT2D eigenvalue weighted by atomic mass is 9.95. The standard InChI is InChI=1S/C17H21ClN2O/c1-10-7-8-13(21-6)12(9-10)14-11(2)15(18)20-16(19-14)17(3,4)5/h7-9H,1-6H3. The molecule has 0 saturated heterocycles. The van der Waals surface area contributed by atoms with E-state index in [9.17, 15) is 0 Å². The number of rotatable bonds is 2. The molecule has 1 aromatic heterocycles.